The SMILES string of the molecule is CCOC(=O)C1C(=O)Nc2c(c(=O)n(C)c(=O)n2C)C1c1ccccc1. The van der Waals surface area contributed by atoms with E-state index in [9.17, 15) is 19.2 Å². The zero-order valence-electron chi connectivity index (χ0n) is 14.7. The van der Waals surface area contributed by atoms with Gasteiger partial charge < -0.3 is 10.1 Å². The van der Waals surface area contributed by atoms with Crippen molar-refractivity contribution in [1.82, 2.24) is 9.13 Å². The molecule has 3 rings (SSSR count). The van der Waals surface area contributed by atoms with E-state index < -0.39 is 35.0 Å². The number of esters is 1. The molecule has 1 amide bonds. The lowest BCUT2D eigenvalue weighted by Crippen LogP contribution is -2.49. The summed E-state index contributed by atoms with van der Waals surface area (Å²) >= 11 is 0. The number of ether oxygens (including phenoxy) is 1. The molecule has 0 bridgehead atoms. The zero-order valence-corrected chi connectivity index (χ0v) is 14.7. The number of benzene rings is 1. The Balaban J connectivity index is 2.34. The topological polar surface area (TPSA) is 99.4 Å². The van der Waals surface area contributed by atoms with Gasteiger partial charge in [0.05, 0.1) is 12.2 Å². The number of rotatable bonds is 3. The van der Waals surface area contributed by atoms with Crippen LogP contribution in [0.1, 0.15) is 24.0 Å². The number of nitrogens with one attached hydrogen (secondary N) is 1. The highest BCUT2D eigenvalue weighted by atomic mass is 16.5. The molecule has 2 heterocycles. The van der Waals surface area contributed by atoms with Gasteiger partial charge in [0, 0.05) is 20.0 Å². The van der Waals surface area contributed by atoms with E-state index in [0.717, 1.165) is 4.57 Å². The van der Waals surface area contributed by atoms with Crippen LogP contribution in [0.4, 0.5) is 5.82 Å². The normalized spacial score (nSPS) is 18.8. The number of hydrogen-bond donors (Lipinski definition) is 1. The van der Waals surface area contributed by atoms with Crippen LogP contribution in [-0.4, -0.2) is 27.6 Å². The maximum atomic E-state index is 12.8. The summed E-state index contributed by atoms with van der Waals surface area (Å²) in [6.07, 6.45) is 0. The van der Waals surface area contributed by atoms with Gasteiger partial charge in [0.25, 0.3) is 5.56 Å². The van der Waals surface area contributed by atoms with Crippen LogP contribution in [0, 0.1) is 5.92 Å². The predicted molar refractivity (Wildman–Crippen MR) is 94.0 cm³/mol. The van der Waals surface area contributed by atoms with Gasteiger partial charge in [-0.1, -0.05) is 30.3 Å². The van der Waals surface area contributed by atoms with E-state index in [0.29, 0.717) is 5.56 Å². The van der Waals surface area contributed by atoms with Gasteiger partial charge in [-0.25, -0.2) is 4.79 Å². The third-order valence-corrected chi connectivity index (χ3v) is 4.57. The molecule has 0 saturated carbocycles. The van der Waals surface area contributed by atoms with Crippen molar-refractivity contribution >= 4 is 17.7 Å². The fraction of sp³-hybridized carbons (Fsp3) is 0.333. The second kappa shape index (κ2) is 6.62. The number of carbonyl (C=O) groups excluding carboxylic acids is 2. The second-order valence-electron chi connectivity index (χ2n) is 6.08. The average Bonchev–Trinajstić information content (AvgIpc) is 2.64. The lowest BCUT2D eigenvalue weighted by atomic mass is 9.78. The van der Waals surface area contributed by atoms with E-state index in [1.54, 1.807) is 37.3 Å². The van der Waals surface area contributed by atoms with Crippen LogP contribution in [0.3, 0.4) is 0 Å². The van der Waals surface area contributed by atoms with E-state index in [1.807, 2.05) is 0 Å². The predicted octanol–water partition coefficient (Wildman–Crippen LogP) is 0.347. The van der Waals surface area contributed by atoms with Crippen molar-refractivity contribution in [2.24, 2.45) is 20.0 Å². The molecule has 136 valence electrons. The Labute approximate surface area is 149 Å². The summed E-state index contributed by atoms with van der Waals surface area (Å²) in [4.78, 5) is 50.2. The molecule has 1 aromatic heterocycles. The van der Waals surface area contributed by atoms with E-state index in [2.05, 4.69) is 5.32 Å². The number of amides is 1. The van der Waals surface area contributed by atoms with Gasteiger partial charge >= 0.3 is 11.7 Å². The van der Waals surface area contributed by atoms with Crippen molar-refractivity contribution in [2.45, 2.75) is 12.8 Å². The quantitative estimate of drug-likeness (QED) is 0.631. The molecule has 8 heteroatoms. The Morgan fingerprint density at radius 3 is 2.38 bits per heavy atom. The third-order valence-electron chi connectivity index (χ3n) is 4.57. The molecule has 0 aliphatic carbocycles. The zero-order chi connectivity index (χ0) is 19.0. The summed E-state index contributed by atoms with van der Waals surface area (Å²) in [5.74, 6) is -3.26. The molecule has 2 aromatic rings. The van der Waals surface area contributed by atoms with Crippen molar-refractivity contribution in [3.05, 3.63) is 62.3 Å². The highest BCUT2D eigenvalue weighted by Gasteiger charge is 2.45. The summed E-state index contributed by atoms with van der Waals surface area (Å²) in [5, 5.41) is 2.54. The molecule has 1 aliphatic heterocycles. The Hall–Kier alpha value is -3.16. The second-order valence-corrected chi connectivity index (χ2v) is 6.08. The highest BCUT2D eigenvalue weighted by molar-refractivity contribution is 6.08. The molecule has 0 radical (unpaired) electrons. The van der Waals surface area contributed by atoms with E-state index >= 15 is 0 Å². The van der Waals surface area contributed by atoms with E-state index in [-0.39, 0.29) is 18.0 Å². The third kappa shape index (κ3) is 2.63. The lowest BCUT2D eigenvalue weighted by Gasteiger charge is -2.32. The number of nitrogens with zero attached hydrogens (tertiary/aromatic N) is 2. The van der Waals surface area contributed by atoms with E-state index in [4.69, 9.17) is 4.74 Å². The van der Waals surface area contributed by atoms with Gasteiger partial charge in [0.2, 0.25) is 5.91 Å². The fourth-order valence-corrected chi connectivity index (χ4v) is 3.31. The maximum absolute atomic E-state index is 12.8. The minimum Gasteiger partial charge on any atom is -0.465 e. The van der Waals surface area contributed by atoms with Crippen LogP contribution in [-0.2, 0) is 28.4 Å². The van der Waals surface area contributed by atoms with Crippen LogP contribution in [0.5, 0.6) is 0 Å². The first-order valence-corrected chi connectivity index (χ1v) is 8.20. The van der Waals surface area contributed by atoms with Crippen molar-refractivity contribution in [3.63, 3.8) is 0 Å². The van der Waals surface area contributed by atoms with Crippen LogP contribution >= 0.6 is 0 Å². The molecule has 1 aromatic carbocycles. The first-order chi connectivity index (χ1) is 12.4. The summed E-state index contributed by atoms with van der Waals surface area (Å²) in [7, 11) is 2.83. The number of fused-ring (bicyclic) bond motifs is 1. The number of carbonyl (C=O) groups is 2. The largest absolute Gasteiger partial charge is 0.465 e. The molecular formula is C18H19N3O5. The van der Waals surface area contributed by atoms with Crippen molar-refractivity contribution < 1.29 is 14.3 Å². The van der Waals surface area contributed by atoms with E-state index in [1.165, 1.54) is 18.7 Å². The Kier molecular flexibility index (Phi) is 4.50. The molecule has 26 heavy (non-hydrogen) atoms. The van der Waals surface area contributed by atoms with Crippen molar-refractivity contribution in [2.75, 3.05) is 11.9 Å². The number of anilines is 1. The number of hydrogen-bond acceptors (Lipinski definition) is 5. The van der Waals surface area contributed by atoms with Crippen molar-refractivity contribution in [1.29, 1.82) is 0 Å². The fourth-order valence-electron chi connectivity index (χ4n) is 3.31. The van der Waals surface area contributed by atoms with Gasteiger partial charge in [-0.05, 0) is 12.5 Å². The Bertz CT molecular complexity index is 990. The molecule has 0 fully saturated rings. The Morgan fingerprint density at radius 2 is 1.77 bits per heavy atom. The molecule has 2 unspecified atom stereocenters. The first-order valence-electron chi connectivity index (χ1n) is 8.20. The highest BCUT2D eigenvalue weighted by Crippen LogP contribution is 2.38. The molecular weight excluding hydrogens is 338 g/mol. The van der Waals surface area contributed by atoms with Crippen LogP contribution in [0.2, 0.25) is 0 Å². The summed E-state index contributed by atoms with van der Waals surface area (Å²) in [6.45, 7) is 1.76. The summed E-state index contributed by atoms with van der Waals surface area (Å²) in [5.41, 5.74) is -0.294. The van der Waals surface area contributed by atoms with Crippen molar-refractivity contribution in [3.8, 4) is 0 Å². The average molecular weight is 357 g/mol. The van der Waals surface area contributed by atoms with Gasteiger partial charge in [-0.15, -0.1) is 0 Å². The van der Waals surface area contributed by atoms with Gasteiger partial charge in [-0.2, -0.15) is 0 Å². The smallest absolute Gasteiger partial charge is 0.332 e. The first kappa shape index (κ1) is 17.7. The van der Waals surface area contributed by atoms with Gasteiger partial charge in [0.15, 0.2) is 0 Å². The maximum Gasteiger partial charge on any atom is 0.332 e. The van der Waals surface area contributed by atoms with Crippen LogP contribution in [0.25, 0.3) is 0 Å². The summed E-state index contributed by atoms with van der Waals surface area (Å²) < 4.78 is 7.23. The van der Waals surface area contributed by atoms with Crippen LogP contribution < -0.4 is 16.6 Å². The molecule has 8 nitrogen and oxygen atoms in total. The van der Waals surface area contributed by atoms with Gasteiger partial charge in [0.1, 0.15) is 11.7 Å². The standard InChI is InChI=1S/C18H19N3O5/c1-4-26-17(24)13-11(10-8-6-5-7-9-10)12-14(19-15(13)22)20(2)18(25)21(3)16(12)23/h5-9,11,13H,4H2,1-3H3,(H,19,22). The number of aromatic nitrogens is 2. The Morgan fingerprint density at radius 1 is 1.12 bits per heavy atom. The van der Waals surface area contributed by atoms with Gasteiger partial charge in [-0.3, -0.25) is 23.5 Å². The monoisotopic (exact) mass is 357 g/mol. The molecule has 1 aliphatic rings. The molecule has 0 spiro atoms. The minimum absolute atomic E-state index is 0.109. The minimum atomic E-state index is -1.21. The summed E-state index contributed by atoms with van der Waals surface area (Å²) in [6, 6.07) is 8.80. The van der Waals surface area contributed by atoms with Crippen LogP contribution in [0.15, 0.2) is 39.9 Å². The molecule has 0 saturated heterocycles. The molecule has 2 atom stereocenters. The molecule has 1 N–H and O–H groups in total. The lowest BCUT2D eigenvalue weighted by molar-refractivity contribution is -0.151.